The highest BCUT2D eigenvalue weighted by Gasteiger charge is 2.22. The Morgan fingerprint density at radius 3 is 2.58 bits per heavy atom. The Balaban J connectivity index is 1.32. The minimum Gasteiger partial charge on any atom is -0.508 e. The van der Waals surface area contributed by atoms with E-state index in [1.54, 1.807) is 12.1 Å². The van der Waals surface area contributed by atoms with E-state index in [9.17, 15) is 9.90 Å². The molecule has 1 saturated heterocycles. The van der Waals surface area contributed by atoms with E-state index in [1.807, 2.05) is 18.2 Å². The van der Waals surface area contributed by atoms with Gasteiger partial charge in [0, 0.05) is 18.0 Å². The predicted octanol–water partition coefficient (Wildman–Crippen LogP) is 3.13. The first-order valence-electron chi connectivity index (χ1n) is 9.01. The molecule has 1 fully saturated rings. The molecular weight excluding hydrogens is 330 g/mol. The van der Waals surface area contributed by atoms with Gasteiger partial charge in [-0.25, -0.2) is 0 Å². The van der Waals surface area contributed by atoms with Gasteiger partial charge in [-0.2, -0.15) is 0 Å². The number of carbonyl (C=O) groups is 1. The van der Waals surface area contributed by atoms with Crippen LogP contribution in [0.15, 0.2) is 54.6 Å². The van der Waals surface area contributed by atoms with Crippen molar-refractivity contribution in [2.24, 2.45) is 5.92 Å². The summed E-state index contributed by atoms with van der Waals surface area (Å²) >= 11 is 0. The highest BCUT2D eigenvalue weighted by molar-refractivity contribution is 5.94. The van der Waals surface area contributed by atoms with Crippen LogP contribution in [-0.2, 0) is 16.1 Å². The summed E-state index contributed by atoms with van der Waals surface area (Å²) in [5.74, 6) is 0.405. The average Bonchev–Trinajstić information content (AvgIpc) is 2.68. The van der Waals surface area contributed by atoms with Crippen molar-refractivity contribution in [3.05, 3.63) is 65.7 Å². The number of aromatic hydroxyl groups is 1. The van der Waals surface area contributed by atoms with Gasteiger partial charge in [-0.15, -0.1) is 0 Å². The number of benzene rings is 2. The number of phenolic OH excluding ortho intramolecular Hbond substituents is 1. The molecule has 0 unspecified atom stereocenters. The Labute approximate surface area is 153 Å². The summed E-state index contributed by atoms with van der Waals surface area (Å²) in [4.78, 5) is 12.1. The van der Waals surface area contributed by atoms with Crippen molar-refractivity contribution in [2.75, 3.05) is 19.8 Å². The third kappa shape index (κ3) is 5.58. The van der Waals surface area contributed by atoms with Gasteiger partial charge in [0.05, 0.1) is 25.9 Å². The Hall–Kier alpha value is -2.37. The normalized spacial score (nSPS) is 19.8. The number of amides is 1. The van der Waals surface area contributed by atoms with Gasteiger partial charge >= 0.3 is 0 Å². The van der Waals surface area contributed by atoms with Gasteiger partial charge in [0.2, 0.25) is 0 Å². The van der Waals surface area contributed by atoms with Crippen LogP contribution in [0.1, 0.15) is 28.8 Å². The maximum atomic E-state index is 12.1. The molecule has 5 nitrogen and oxygen atoms in total. The molecule has 1 aliphatic heterocycles. The van der Waals surface area contributed by atoms with Gasteiger partial charge in [-0.1, -0.05) is 30.3 Å². The quantitative estimate of drug-likeness (QED) is 0.801. The molecule has 2 atom stereocenters. The lowest BCUT2D eigenvalue weighted by Crippen LogP contribution is -2.38. The van der Waals surface area contributed by atoms with Gasteiger partial charge in [0.1, 0.15) is 5.75 Å². The molecule has 0 aliphatic carbocycles. The minimum atomic E-state index is -0.151. The molecule has 1 amide bonds. The zero-order valence-corrected chi connectivity index (χ0v) is 14.8. The smallest absolute Gasteiger partial charge is 0.251 e. The summed E-state index contributed by atoms with van der Waals surface area (Å²) in [5, 5.41) is 12.2. The van der Waals surface area contributed by atoms with Crippen molar-refractivity contribution >= 4 is 5.91 Å². The third-order valence-corrected chi connectivity index (χ3v) is 4.55. The van der Waals surface area contributed by atoms with Crippen LogP contribution in [0.25, 0.3) is 0 Å². The SMILES string of the molecule is O=C(NC[C@H]1CC[C@H](COCc2ccccc2)CO1)c1ccc(O)cc1. The Kier molecular flexibility index (Phi) is 6.63. The van der Waals surface area contributed by atoms with E-state index < -0.39 is 0 Å². The topological polar surface area (TPSA) is 67.8 Å². The maximum absolute atomic E-state index is 12.1. The van der Waals surface area contributed by atoms with Gasteiger partial charge < -0.3 is 19.9 Å². The number of hydrogen-bond acceptors (Lipinski definition) is 4. The largest absolute Gasteiger partial charge is 0.508 e. The van der Waals surface area contributed by atoms with E-state index in [2.05, 4.69) is 17.4 Å². The Morgan fingerprint density at radius 1 is 1.12 bits per heavy atom. The van der Waals surface area contributed by atoms with Crippen LogP contribution in [0.4, 0.5) is 0 Å². The van der Waals surface area contributed by atoms with Crippen LogP contribution in [0.5, 0.6) is 5.75 Å². The first-order chi connectivity index (χ1) is 12.7. The summed E-state index contributed by atoms with van der Waals surface area (Å²) in [6.45, 7) is 2.48. The van der Waals surface area contributed by atoms with E-state index in [-0.39, 0.29) is 17.8 Å². The molecule has 0 saturated carbocycles. The summed E-state index contributed by atoms with van der Waals surface area (Å²) < 4.78 is 11.7. The van der Waals surface area contributed by atoms with E-state index in [4.69, 9.17) is 9.47 Å². The number of carbonyl (C=O) groups excluding carboxylic acids is 1. The molecular formula is C21H25NO4. The predicted molar refractivity (Wildman–Crippen MR) is 99.0 cm³/mol. The van der Waals surface area contributed by atoms with E-state index >= 15 is 0 Å². The molecule has 2 aromatic carbocycles. The molecule has 138 valence electrons. The monoisotopic (exact) mass is 355 g/mol. The van der Waals surface area contributed by atoms with Crippen LogP contribution in [-0.4, -0.2) is 36.9 Å². The lowest BCUT2D eigenvalue weighted by Gasteiger charge is -2.29. The van der Waals surface area contributed by atoms with Crippen LogP contribution in [0.2, 0.25) is 0 Å². The second-order valence-electron chi connectivity index (χ2n) is 6.66. The molecule has 26 heavy (non-hydrogen) atoms. The molecule has 1 heterocycles. The summed E-state index contributed by atoms with van der Waals surface area (Å²) in [6, 6.07) is 16.4. The van der Waals surface area contributed by atoms with Crippen molar-refractivity contribution in [1.29, 1.82) is 0 Å². The first kappa shape index (κ1) is 18.4. The highest BCUT2D eigenvalue weighted by atomic mass is 16.5. The molecule has 0 bridgehead atoms. The summed E-state index contributed by atoms with van der Waals surface area (Å²) in [6.07, 6.45) is 1.99. The molecule has 1 aliphatic rings. The lowest BCUT2D eigenvalue weighted by atomic mass is 9.99. The fraction of sp³-hybridized carbons (Fsp3) is 0.381. The van der Waals surface area contributed by atoms with Crippen LogP contribution >= 0.6 is 0 Å². The number of rotatable bonds is 7. The van der Waals surface area contributed by atoms with Crippen LogP contribution in [0.3, 0.4) is 0 Å². The highest BCUT2D eigenvalue weighted by Crippen LogP contribution is 2.19. The van der Waals surface area contributed by atoms with Gasteiger partial charge in [-0.3, -0.25) is 4.79 Å². The fourth-order valence-electron chi connectivity index (χ4n) is 2.99. The van der Waals surface area contributed by atoms with Crippen molar-refractivity contribution in [1.82, 2.24) is 5.32 Å². The van der Waals surface area contributed by atoms with Crippen molar-refractivity contribution in [3.63, 3.8) is 0 Å². The number of ether oxygens (including phenoxy) is 2. The molecule has 2 N–H and O–H groups in total. The second kappa shape index (κ2) is 9.36. The molecule has 0 aromatic heterocycles. The van der Waals surface area contributed by atoms with Gasteiger partial charge in [-0.05, 0) is 42.7 Å². The van der Waals surface area contributed by atoms with E-state index in [0.29, 0.717) is 37.8 Å². The summed E-state index contributed by atoms with van der Waals surface area (Å²) in [7, 11) is 0. The van der Waals surface area contributed by atoms with Crippen LogP contribution < -0.4 is 5.32 Å². The standard InChI is InChI=1S/C21H25NO4/c23-19-9-7-18(8-10-19)21(24)22-12-20-11-6-17(15-26-20)14-25-13-16-4-2-1-3-5-16/h1-5,7-10,17,20,23H,6,11-15H2,(H,22,24)/t17-,20-/m1/s1. The average molecular weight is 355 g/mol. The third-order valence-electron chi connectivity index (χ3n) is 4.55. The van der Waals surface area contributed by atoms with Crippen molar-refractivity contribution in [2.45, 2.75) is 25.6 Å². The molecule has 0 radical (unpaired) electrons. The van der Waals surface area contributed by atoms with Crippen LogP contribution in [0, 0.1) is 5.92 Å². The van der Waals surface area contributed by atoms with Crippen molar-refractivity contribution < 1.29 is 19.4 Å². The maximum Gasteiger partial charge on any atom is 0.251 e. The number of phenols is 1. The van der Waals surface area contributed by atoms with Gasteiger partial charge in [0.15, 0.2) is 0 Å². The molecule has 2 aromatic rings. The minimum absolute atomic E-state index is 0.0430. The van der Waals surface area contributed by atoms with Gasteiger partial charge in [0.25, 0.3) is 5.91 Å². The van der Waals surface area contributed by atoms with E-state index in [0.717, 1.165) is 12.8 Å². The van der Waals surface area contributed by atoms with Crippen molar-refractivity contribution in [3.8, 4) is 5.75 Å². The fourth-order valence-corrected chi connectivity index (χ4v) is 2.99. The Bertz CT molecular complexity index is 679. The first-order valence-corrected chi connectivity index (χ1v) is 9.01. The molecule has 3 rings (SSSR count). The van der Waals surface area contributed by atoms with E-state index in [1.165, 1.54) is 17.7 Å². The summed E-state index contributed by atoms with van der Waals surface area (Å²) in [5.41, 5.74) is 1.71. The number of hydrogen-bond donors (Lipinski definition) is 2. The number of nitrogens with one attached hydrogen (secondary N) is 1. The molecule has 0 spiro atoms. The zero-order valence-electron chi connectivity index (χ0n) is 14.8. The second-order valence-corrected chi connectivity index (χ2v) is 6.66. The molecule has 5 heteroatoms. The lowest BCUT2D eigenvalue weighted by molar-refractivity contribution is -0.0427. The Morgan fingerprint density at radius 2 is 1.88 bits per heavy atom. The zero-order chi connectivity index (χ0) is 18.2.